The Hall–Kier alpha value is -3.27. The number of benzene rings is 2. The summed E-state index contributed by atoms with van der Waals surface area (Å²) in [5, 5.41) is 11.0. The van der Waals surface area contributed by atoms with Gasteiger partial charge in [0.1, 0.15) is 6.33 Å². The number of tetrazole rings is 1. The minimum absolute atomic E-state index is 0.100. The second-order valence-electron chi connectivity index (χ2n) is 7.41. The summed E-state index contributed by atoms with van der Waals surface area (Å²) < 4.78 is 39.9. The molecular formula is C21H23F3N6O. The highest BCUT2D eigenvalue weighted by Gasteiger charge is 2.30. The summed E-state index contributed by atoms with van der Waals surface area (Å²) in [5.74, 6) is -0.100. The molecule has 0 unspecified atom stereocenters. The number of rotatable bonds is 8. The van der Waals surface area contributed by atoms with Crippen molar-refractivity contribution in [3.63, 3.8) is 0 Å². The standard InChI is InChI=1S/C21H23F3N6O/c1-28(2)11-12-29(14-17-3-7-18(8-4-17)21(22,23)24)20(31)13-16-5-9-19(10-6-16)30-15-25-26-27-30/h3-10,15H,11-14H2,1-2H3. The maximum atomic E-state index is 13.0. The van der Waals surface area contributed by atoms with Crippen LogP contribution in [0.1, 0.15) is 16.7 Å². The molecule has 31 heavy (non-hydrogen) atoms. The number of carbonyl (C=O) groups excluding carboxylic acids is 1. The van der Waals surface area contributed by atoms with Crippen molar-refractivity contribution in [2.24, 2.45) is 0 Å². The van der Waals surface area contributed by atoms with Gasteiger partial charge < -0.3 is 9.80 Å². The van der Waals surface area contributed by atoms with Gasteiger partial charge in [0.15, 0.2) is 0 Å². The summed E-state index contributed by atoms with van der Waals surface area (Å²) in [6, 6.07) is 12.2. The largest absolute Gasteiger partial charge is 0.416 e. The summed E-state index contributed by atoms with van der Waals surface area (Å²) >= 11 is 0. The first kappa shape index (κ1) is 22.4. The van der Waals surface area contributed by atoms with Gasteiger partial charge in [-0.2, -0.15) is 13.2 Å². The fourth-order valence-corrected chi connectivity index (χ4v) is 2.96. The van der Waals surface area contributed by atoms with Crippen LogP contribution in [0.3, 0.4) is 0 Å². The maximum absolute atomic E-state index is 13.0. The van der Waals surface area contributed by atoms with E-state index in [-0.39, 0.29) is 18.9 Å². The molecule has 7 nitrogen and oxygen atoms in total. The van der Waals surface area contributed by atoms with E-state index < -0.39 is 11.7 Å². The molecule has 0 spiro atoms. The SMILES string of the molecule is CN(C)CCN(Cc1ccc(C(F)(F)F)cc1)C(=O)Cc1ccc(-n2cnnn2)cc1. The number of hydrogen-bond donors (Lipinski definition) is 0. The molecule has 1 heterocycles. The predicted octanol–water partition coefficient (Wildman–Crippen LogP) is 2.81. The Balaban J connectivity index is 1.69. The fraction of sp³-hybridized carbons (Fsp3) is 0.333. The fourth-order valence-electron chi connectivity index (χ4n) is 2.96. The van der Waals surface area contributed by atoms with Crippen molar-refractivity contribution in [2.45, 2.75) is 19.1 Å². The van der Waals surface area contributed by atoms with Crippen LogP contribution in [0.4, 0.5) is 13.2 Å². The van der Waals surface area contributed by atoms with Gasteiger partial charge in [0, 0.05) is 19.6 Å². The third-order valence-corrected chi connectivity index (χ3v) is 4.73. The summed E-state index contributed by atoms with van der Waals surface area (Å²) in [6.45, 7) is 1.35. The molecule has 0 atom stereocenters. The lowest BCUT2D eigenvalue weighted by Crippen LogP contribution is -2.37. The van der Waals surface area contributed by atoms with Crippen LogP contribution in [0, 0.1) is 0 Å². The van der Waals surface area contributed by atoms with Gasteiger partial charge in [0.25, 0.3) is 0 Å². The third kappa shape index (κ3) is 6.35. The van der Waals surface area contributed by atoms with Gasteiger partial charge in [-0.15, -0.1) is 5.10 Å². The van der Waals surface area contributed by atoms with Crippen molar-refractivity contribution in [1.29, 1.82) is 0 Å². The molecule has 1 aromatic heterocycles. The number of halogens is 3. The molecule has 3 rings (SSSR count). The zero-order valence-corrected chi connectivity index (χ0v) is 17.3. The lowest BCUT2D eigenvalue weighted by molar-refractivity contribution is -0.137. The van der Waals surface area contributed by atoms with Gasteiger partial charge in [0.2, 0.25) is 5.91 Å². The number of alkyl halides is 3. The van der Waals surface area contributed by atoms with E-state index in [4.69, 9.17) is 0 Å². The van der Waals surface area contributed by atoms with Crippen molar-refractivity contribution >= 4 is 5.91 Å². The topological polar surface area (TPSA) is 67.2 Å². The molecular weight excluding hydrogens is 409 g/mol. The average molecular weight is 432 g/mol. The molecule has 0 aliphatic heterocycles. The normalized spacial score (nSPS) is 11.7. The first-order chi connectivity index (χ1) is 14.7. The molecule has 0 bridgehead atoms. The highest BCUT2D eigenvalue weighted by Crippen LogP contribution is 2.29. The Morgan fingerprint density at radius 1 is 0.968 bits per heavy atom. The third-order valence-electron chi connectivity index (χ3n) is 4.73. The van der Waals surface area contributed by atoms with E-state index in [0.29, 0.717) is 18.7 Å². The van der Waals surface area contributed by atoms with Crippen LogP contribution in [-0.4, -0.2) is 63.1 Å². The molecule has 0 aliphatic rings. The van der Waals surface area contributed by atoms with Gasteiger partial charge in [-0.1, -0.05) is 24.3 Å². The first-order valence-corrected chi connectivity index (χ1v) is 9.63. The van der Waals surface area contributed by atoms with E-state index >= 15 is 0 Å². The Morgan fingerprint density at radius 2 is 1.61 bits per heavy atom. The minimum Gasteiger partial charge on any atom is -0.337 e. The molecule has 2 aromatic carbocycles. The second kappa shape index (κ2) is 9.69. The summed E-state index contributed by atoms with van der Waals surface area (Å²) in [4.78, 5) is 16.6. The van der Waals surface area contributed by atoms with E-state index in [0.717, 1.165) is 23.4 Å². The number of aromatic nitrogens is 4. The molecule has 3 aromatic rings. The van der Waals surface area contributed by atoms with Gasteiger partial charge >= 0.3 is 6.18 Å². The molecule has 0 saturated carbocycles. The van der Waals surface area contributed by atoms with E-state index in [2.05, 4.69) is 15.5 Å². The average Bonchev–Trinajstić information content (AvgIpc) is 3.26. The quantitative estimate of drug-likeness (QED) is 0.548. The maximum Gasteiger partial charge on any atom is 0.416 e. The molecule has 0 saturated heterocycles. The van der Waals surface area contributed by atoms with Crippen LogP contribution in [0.15, 0.2) is 54.9 Å². The van der Waals surface area contributed by atoms with Gasteiger partial charge in [-0.25, -0.2) is 4.68 Å². The lowest BCUT2D eigenvalue weighted by atomic mass is 10.1. The molecule has 10 heteroatoms. The van der Waals surface area contributed by atoms with Gasteiger partial charge in [0.05, 0.1) is 17.7 Å². The molecule has 0 fully saturated rings. The number of likely N-dealkylation sites (N-methyl/N-ethyl adjacent to an activating group) is 1. The molecule has 1 amide bonds. The molecule has 0 N–H and O–H groups in total. The number of hydrogen-bond acceptors (Lipinski definition) is 5. The first-order valence-electron chi connectivity index (χ1n) is 9.63. The summed E-state index contributed by atoms with van der Waals surface area (Å²) in [5.41, 5.74) is 1.54. The number of amides is 1. The van der Waals surface area contributed by atoms with Crippen LogP contribution in [0.5, 0.6) is 0 Å². The highest BCUT2D eigenvalue weighted by atomic mass is 19.4. The lowest BCUT2D eigenvalue weighted by Gasteiger charge is -2.25. The van der Waals surface area contributed by atoms with Crippen molar-refractivity contribution in [1.82, 2.24) is 30.0 Å². The molecule has 0 aliphatic carbocycles. The summed E-state index contributed by atoms with van der Waals surface area (Å²) in [7, 11) is 3.80. The van der Waals surface area contributed by atoms with E-state index in [1.54, 1.807) is 4.90 Å². The van der Waals surface area contributed by atoms with Crippen LogP contribution >= 0.6 is 0 Å². The summed E-state index contributed by atoms with van der Waals surface area (Å²) in [6.07, 6.45) is -2.72. The Labute approximate surface area is 178 Å². The van der Waals surface area contributed by atoms with Crippen molar-refractivity contribution in [2.75, 3.05) is 27.2 Å². The molecule has 0 radical (unpaired) electrons. The zero-order valence-electron chi connectivity index (χ0n) is 17.3. The van der Waals surface area contributed by atoms with Crippen molar-refractivity contribution in [3.8, 4) is 5.69 Å². The smallest absolute Gasteiger partial charge is 0.337 e. The van der Waals surface area contributed by atoms with E-state index in [9.17, 15) is 18.0 Å². The predicted molar refractivity (Wildman–Crippen MR) is 108 cm³/mol. The van der Waals surface area contributed by atoms with Crippen LogP contribution < -0.4 is 0 Å². The Bertz CT molecular complexity index is 970. The Kier molecular flexibility index (Phi) is 7.01. The monoisotopic (exact) mass is 432 g/mol. The number of nitrogens with zero attached hydrogens (tertiary/aromatic N) is 6. The van der Waals surface area contributed by atoms with Crippen LogP contribution in [0.2, 0.25) is 0 Å². The van der Waals surface area contributed by atoms with E-state index in [1.165, 1.54) is 23.1 Å². The van der Waals surface area contributed by atoms with Gasteiger partial charge in [-0.05, 0) is 59.9 Å². The van der Waals surface area contributed by atoms with Crippen molar-refractivity contribution in [3.05, 3.63) is 71.5 Å². The second-order valence-corrected chi connectivity index (χ2v) is 7.41. The van der Waals surface area contributed by atoms with Gasteiger partial charge in [-0.3, -0.25) is 4.79 Å². The number of carbonyl (C=O) groups is 1. The van der Waals surface area contributed by atoms with Crippen molar-refractivity contribution < 1.29 is 18.0 Å². The minimum atomic E-state index is -4.38. The molecule has 164 valence electrons. The van der Waals surface area contributed by atoms with Crippen LogP contribution in [-0.2, 0) is 23.9 Å². The van der Waals surface area contributed by atoms with E-state index in [1.807, 2.05) is 43.3 Å². The Morgan fingerprint density at radius 3 is 2.16 bits per heavy atom. The zero-order chi connectivity index (χ0) is 22.4. The van der Waals surface area contributed by atoms with Crippen LogP contribution in [0.25, 0.3) is 5.69 Å². The highest BCUT2D eigenvalue weighted by molar-refractivity contribution is 5.78.